The predicted octanol–water partition coefficient (Wildman–Crippen LogP) is 0.971. The Labute approximate surface area is 158 Å². The number of rotatable bonds is 8. The van der Waals surface area contributed by atoms with Gasteiger partial charge in [0.2, 0.25) is 0 Å². The van der Waals surface area contributed by atoms with Crippen molar-refractivity contribution in [3.63, 3.8) is 0 Å². The van der Waals surface area contributed by atoms with Gasteiger partial charge in [-0.2, -0.15) is 0 Å². The molecule has 0 bridgehead atoms. The van der Waals surface area contributed by atoms with E-state index in [1.165, 1.54) is 7.14 Å². The summed E-state index contributed by atoms with van der Waals surface area (Å²) >= 11 is -0.372. The van der Waals surface area contributed by atoms with Gasteiger partial charge < -0.3 is 0 Å². The molecule has 2 unspecified atom stereocenters. The molecule has 0 spiro atoms. The fourth-order valence-electron chi connectivity index (χ4n) is 2.75. The van der Waals surface area contributed by atoms with E-state index in [2.05, 4.69) is 0 Å². The summed E-state index contributed by atoms with van der Waals surface area (Å²) in [4.78, 5) is 22.5. The fourth-order valence-corrected chi connectivity index (χ4v) is 4.91. The van der Waals surface area contributed by atoms with Gasteiger partial charge in [-0.3, -0.25) is 0 Å². The maximum absolute atomic E-state index is 11.2. The molecular weight excluding hydrogens is 431 g/mol. The Morgan fingerprint density at radius 2 is 1.08 bits per heavy atom. The summed E-state index contributed by atoms with van der Waals surface area (Å²) in [7, 11) is 0. The topological polar surface area (TPSA) is 74.6 Å². The van der Waals surface area contributed by atoms with Gasteiger partial charge in [-0.25, -0.2) is 0 Å². The number of aliphatic carboxylic acids is 2. The van der Waals surface area contributed by atoms with E-state index in [1.807, 2.05) is 62.4 Å². The van der Waals surface area contributed by atoms with Crippen molar-refractivity contribution in [1.82, 2.24) is 0 Å². The molecule has 2 atom stereocenters. The molecule has 0 fully saturated rings. The van der Waals surface area contributed by atoms with E-state index in [9.17, 15) is 19.8 Å². The maximum atomic E-state index is 11.2. The minimum atomic E-state index is -0.788. The van der Waals surface area contributed by atoms with Crippen molar-refractivity contribution in [3.05, 3.63) is 66.8 Å². The third-order valence-electron chi connectivity index (χ3n) is 4.18. The molecular formula is C20H22IO4-. The third kappa shape index (κ3) is 5.04. The number of halogens is 1. The zero-order valence-corrected chi connectivity index (χ0v) is 16.4. The first-order valence-corrected chi connectivity index (χ1v) is 10.4. The van der Waals surface area contributed by atoms with Crippen molar-refractivity contribution in [2.75, 3.05) is 0 Å². The van der Waals surface area contributed by atoms with Crippen LogP contribution in [-0.2, 0) is 9.59 Å². The Morgan fingerprint density at radius 1 is 0.760 bits per heavy atom. The molecule has 0 aliphatic carbocycles. The van der Waals surface area contributed by atoms with Crippen LogP contribution in [0.1, 0.15) is 49.7 Å². The Bertz CT molecular complexity index is 659. The average molecular weight is 453 g/mol. The summed E-state index contributed by atoms with van der Waals surface area (Å²) in [5.41, 5.74) is 1.68. The molecule has 2 aromatic carbocycles. The van der Waals surface area contributed by atoms with Gasteiger partial charge >= 0.3 is 158 Å². The van der Waals surface area contributed by atoms with E-state index < -0.39 is 23.8 Å². The molecule has 0 amide bonds. The number of carboxylic acids is 2. The van der Waals surface area contributed by atoms with E-state index in [-0.39, 0.29) is 21.2 Å². The third-order valence-corrected chi connectivity index (χ3v) is 6.86. The number of hydrogen-bond acceptors (Lipinski definition) is 2. The second kappa shape index (κ2) is 8.99. The van der Waals surface area contributed by atoms with E-state index in [0.717, 1.165) is 11.1 Å². The molecule has 0 saturated heterocycles. The van der Waals surface area contributed by atoms with Crippen LogP contribution in [0.25, 0.3) is 0 Å². The van der Waals surface area contributed by atoms with Crippen molar-refractivity contribution < 1.29 is 41.0 Å². The molecule has 5 heteroatoms. The quantitative estimate of drug-likeness (QED) is 0.585. The Balaban J connectivity index is 2.09. The zero-order valence-electron chi connectivity index (χ0n) is 14.3. The van der Waals surface area contributed by atoms with Gasteiger partial charge in [0.15, 0.2) is 0 Å². The number of hydrogen-bond donors (Lipinski definition) is 2. The van der Waals surface area contributed by atoms with Crippen LogP contribution < -0.4 is 21.2 Å². The Morgan fingerprint density at radius 3 is 1.32 bits per heavy atom. The summed E-state index contributed by atoms with van der Waals surface area (Å²) < 4.78 is 2.42. The Hall–Kier alpha value is -1.89. The molecule has 0 radical (unpaired) electrons. The predicted molar refractivity (Wildman–Crippen MR) is 91.6 cm³/mol. The van der Waals surface area contributed by atoms with Gasteiger partial charge in [0, 0.05) is 0 Å². The first kappa shape index (κ1) is 19.4. The number of carbonyl (C=O) groups is 2. The molecule has 2 rings (SSSR count). The monoisotopic (exact) mass is 453 g/mol. The van der Waals surface area contributed by atoms with Crippen molar-refractivity contribution in [3.8, 4) is 0 Å². The molecule has 0 heterocycles. The van der Waals surface area contributed by atoms with Crippen LogP contribution in [0.15, 0.2) is 48.5 Å². The van der Waals surface area contributed by atoms with Crippen LogP contribution in [0, 0.1) is 7.14 Å². The van der Waals surface area contributed by atoms with E-state index in [0.29, 0.717) is 12.8 Å². The molecule has 0 saturated carbocycles. The van der Waals surface area contributed by atoms with Crippen molar-refractivity contribution >= 4 is 11.9 Å². The van der Waals surface area contributed by atoms with Crippen molar-refractivity contribution in [2.24, 2.45) is 0 Å². The van der Waals surface area contributed by atoms with Gasteiger partial charge in [0.1, 0.15) is 0 Å². The molecule has 2 N–H and O–H groups in total. The second-order valence-electron chi connectivity index (χ2n) is 5.80. The van der Waals surface area contributed by atoms with E-state index in [4.69, 9.17) is 0 Å². The van der Waals surface area contributed by atoms with Gasteiger partial charge in [-0.1, -0.05) is 0 Å². The molecule has 25 heavy (non-hydrogen) atoms. The molecule has 2 aromatic rings. The molecule has 134 valence electrons. The van der Waals surface area contributed by atoms with Crippen molar-refractivity contribution in [1.29, 1.82) is 0 Å². The normalized spacial score (nSPS) is 13.4. The van der Waals surface area contributed by atoms with Crippen LogP contribution >= 0.6 is 0 Å². The average Bonchev–Trinajstić information content (AvgIpc) is 2.58. The zero-order chi connectivity index (χ0) is 18.4. The summed E-state index contributed by atoms with van der Waals surface area (Å²) in [5.74, 6) is -2.48. The van der Waals surface area contributed by atoms with Crippen LogP contribution in [0.3, 0.4) is 0 Å². The van der Waals surface area contributed by atoms with Gasteiger partial charge in [0.25, 0.3) is 0 Å². The van der Waals surface area contributed by atoms with Crippen LogP contribution in [0.2, 0.25) is 0 Å². The van der Waals surface area contributed by atoms with Crippen LogP contribution in [0.5, 0.6) is 0 Å². The summed E-state index contributed by atoms with van der Waals surface area (Å²) in [6, 6.07) is 15.7. The fraction of sp³-hybridized carbons (Fsp3) is 0.300. The summed E-state index contributed by atoms with van der Waals surface area (Å²) in [6.07, 6.45) is 1.15. The number of benzene rings is 2. The number of carboxylic acid groups (broad SMARTS) is 2. The van der Waals surface area contributed by atoms with E-state index in [1.54, 1.807) is 0 Å². The SMILES string of the molecule is CCC(C(=O)O)c1ccc([I-]c2ccc(C(CC)C(=O)O)cc2)cc1. The van der Waals surface area contributed by atoms with Crippen LogP contribution in [0.4, 0.5) is 0 Å². The van der Waals surface area contributed by atoms with Gasteiger partial charge in [-0.05, 0) is 0 Å². The van der Waals surface area contributed by atoms with Gasteiger partial charge in [-0.15, -0.1) is 0 Å². The molecule has 4 nitrogen and oxygen atoms in total. The van der Waals surface area contributed by atoms with Gasteiger partial charge in [0.05, 0.1) is 0 Å². The van der Waals surface area contributed by atoms with Crippen LogP contribution in [-0.4, -0.2) is 22.2 Å². The Kier molecular flexibility index (Phi) is 6.99. The first-order chi connectivity index (χ1) is 12.0. The van der Waals surface area contributed by atoms with E-state index >= 15 is 0 Å². The molecule has 0 aliphatic heterocycles. The minimum absolute atomic E-state index is 0.372. The summed E-state index contributed by atoms with van der Waals surface area (Å²) in [6.45, 7) is 3.75. The molecule has 0 aromatic heterocycles. The second-order valence-corrected chi connectivity index (χ2v) is 8.83. The summed E-state index contributed by atoms with van der Waals surface area (Å²) in [5, 5.41) is 18.5. The van der Waals surface area contributed by atoms with Crippen molar-refractivity contribution in [2.45, 2.75) is 38.5 Å². The standard InChI is InChI=1S/C20H22IO4/c1-3-17(19(22)23)13-5-9-15(10-6-13)21-16-11-7-14(8-12-16)18(4-2)20(24)25/h5-12,17-18H,3-4H2,1-2H3,(H,22,23)(H,24,25)/q-1. The first-order valence-electron chi connectivity index (χ1n) is 8.26. The molecule has 0 aliphatic rings.